The Hall–Kier alpha value is -3.19. The SMILES string of the molecule is COc1cccc(NC(=S)NCc2cccnc2Oc2cccc(F)c2)c1. The van der Waals surface area contributed by atoms with E-state index in [2.05, 4.69) is 15.6 Å². The van der Waals surface area contributed by atoms with Crippen molar-refractivity contribution in [3.05, 3.63) is 78.2 Å². The zero-order valence-corrected chi connectivity index (χ0v) is 15.4. The fraction of sp³-hybridized carbons (Fsp3) is 0.100. The van der Waals surface area contributed by atoms with Crippen LogP contribution in [0.5, 0.6) is 17.4 Å². The Morgan fingerprint density at radius 1 is 1.07 bits per heavy atom. The van der Waals surface area contributed by atoms with Crippen LogP contribution in [0.2, 0.25) is 0 Å². The van der Waals surface area contributed by atoms with Gasteiger partial charge in [-0.25, -0.2) is 9.37 Å². The molecule has 0 aliphatic heterocycles. The van der Waals surface area contributed by atoms with E-state index in [4.69, 9.17) is 21.7 Å². The minimum Gasteiger partial charge on any atom is -0.497 e. The number of nitrogens with one attached hydrogen (secondary N) is 2. The van der Waals surface area contributed by atoms with Gasteiger partial charge >= 0.3 is 0 Å². The summed E-state index contributed by atoms with van der Waals surface area (Å²) in [6.45, 7) is 0.397. The van der Waals surface area contributed by atoms with Gasteiger partial charge in [0.25, 0.3) is 0 Å². The van der Waals surface area contributed by atoms with Crippen LogP contribution in [0.4, 0.5) is 10.1 Å². The number of halogens is 1. The summed E-state index contributed by atoms with van der Waals surface area (Å²) in [5, 5.41) is 6.65. The second-order valence-corrected chi connectivity index (χ2v) is 5.97. The molecule has 3 aromatic rings. The predicted molar refractivity (Wildman–Crippen MR) is 107 cm³/mol. The predicted octanol–water partition coefficient (Wildman–Crippen LogP) is 4.51. The minimum absolute atomic E-state index is 0.369. The zero-order valence-electron chi connectivity index (χ0n) is 14.6. The van der Waals surface area contributed by atoms with Crippen LogP contribution in [0.1, 0.15) is 5.56 Å². The van der Waals surface area contributed by atoms with Gasteiger partial charge in [0.1, 0.15) is 17.3 Å². The third-order valence-electron chi connectivity index (χ3n) is 3.63. The van der Waals surface area contributed by atoms with Crippen molar-refractivity contribution in [2.45, 2.75) is 6.54 Å². The molecule has 3 rings (SSSR count). The molecule has 5 nitrogen and oxygen atoms in total. The lowest BCUT2D eigenvalue weighted by atomic mass is 10.2. The van der Waals surface area contributed by atoms with E-state index in [1.165, 1.54) is 12.1 Å². The lowest BCUT2D eigenvalue weighted by Gasteiger charge is -2.13. The van der Waals surface area contributed by atoms with Crippen LogP contribution in [0.3, 0.4) is 0 Å². The molecule has 0 saturated heterocycles. The molecule has 0 amide bonds. The molecule has 0 saturated carbocycles. The zero-order chi connectivity index (χ0) is 19.1. The molecule has 0 aliphatic rings. The van der Waals surface area contributed by atoms with Gasteiger partial charge in [0.15, 0.2) is 5.11 Å². The van der Waals surface area contributed by atoms with E-state index in [9.17, 15) is 4.39 Å². The van der Waals surface area contributed by atoms with E-state index in [0.29, 0.717) is 23.3 Å². The maximum absolute atomic E-state index is 13.3. The van der Waals surface area contributed by atoms with Crippen LogP contribution in [0, 0.1) is 5.82 Å². The second-order valence-electron chi connectivity index (χ2n) is 5.57. The van der Waals surface area contributed by atoms with Crippen LogP contribution in [0.15, 0.2) is 66.9 Å². The fourth-order valence-electron chi connectivity index (χ4n) is 2.34. The highest BCUT2D eigenvalue weighted by molar-refractivity contribution is 7.80. The molecule has 0 fully saturated rings. The van der Waals surface area contributed by atoms with Gasteiger partial charge in [0.05, 0.1) is 7.11 Å². The maximum Gasteiger partial charge on any atom is 0.224 e. The van der Waals surface area contributed by atoms with Crippen molar-refractivity contribution in [2.75, 3.05) is 12.4 Å². The largest absolute Gasteiger partial charge is 0.497 e. The fourth-order valence-corrected chi connectivity index (χ4v) is 2.53. The summed E-state index contributed by atoms with van der Waals surface area (Å²) in [4.78, 5) is 4.22. The van der Waals surface area contributed by atoms with Crippen LogP contribution < -0.4 is 20.1 Å². The standard InChI is InChI=1S/C20H18FN3O2S/c1-25-17-8-3-7-16(12-17)24-20(27)23-13-14-5-4-10-22-19(14)26-18-9-2-6-15(21)11-18/h2-12H,13H2,1H3,(H2,23,24,27). The highest BCUT2D eigenvalue weighted by Gasteiger charge is 2.08. The highest BCUT2D eigenvalue weighted by atomic mass is 32.1. The summed E-state index contributed by atoms with van der Waals surface area (Å²) >= 11 is 5.33. The van der Waals surface area contributed by atoms with Crippen molar-refractivity contribution in [2.24, 2.45) is 0 Å². The first-order valence-corrected chi connectivity index (χ1v) is 8.61. The summed E-state index contributed by atoms with van der Waals surface area (Å²) in [6.07, 6.45) is 1.62. The van der Waals surface area contributed by atoms with E-state index in [1.807, 2.05) is 30.3 Å². The van der Waals surface area contributed by atoms with Crippen molar-refractivity contribution in [3.8, 4) is 17.4 Å². The Morgan fingerprint density at radius 3 is 2.70 bits per heavy atom. The molecule has 0 aliphatic carbocycles. The Morgan fingerprint density at radius 2 is 1.89 bits per heavy atom. The van der Waals surface area contributed by atoms with Crippen LogP contribution in [0.25, 0.3) is 0 Å². The summed E-state index contributed by atoms with van der Waals surface area (Å²) in [5.41, 5.74) is 1.60. The molecule has 2 N–H and O–H groups in total. The first-order valence-electron chi connectivity index (χ1n) is 8.20. The minimum atomic E-state index is -0.369. The summed E-state index contributed by atoms with van der Waals surface area (Å²) in [7, 11) is 1.61. The highest BCUT2D eigenvalue weighted by Crippen LogP contribution is 2.23. The molecule has 1 aromatic heterocycles. The second kappa shape index (κ2) is 8.95. The molecule has 2 aromatic carbocycles. The van der Waals surface area contributed by atoms with Gasteiger partial charge < -0.3 is 20.1 Å². The number of anilines is 1. The summed E-state index contributed by atoms with van der Waals surface area (Å²) < 4.78 is 24.2. The molecule has 1 heterocycles. The number of methoxy groups -OCH3 is 1. The number of nitrogens with zero attached hydrogens (tertiary/aromatic N) is 1. The quantitative estimate of drug-likeness (QED) is 0.611. The number of rotatable bonds is 6. The number of hydrogen-bond acceptors (Lipinski definition) is 4. The van der Waals surface area contributed by atoms with Crippen molar-refractivity contribution < 1.29 is 13.9 Å². The Labute approximate surface area is 162 Å². The molecule has 7 heteroatoms. The number of ether oxygens (including phenoxy) is 2. The van der Waals surface area contributed by atoms with Gasteiger partial charge in [-0.3, -0.25) is 0 Å². The first kappa shape index (κ1) is 18.6. The average Bonchev–Trinajstić information content (AvgIpc) is 2.67. The van der Waals surface area contributed by atoms with Crippen LogP contribution in [-0.4, -0.2) is 17.2 Å². The van der Waals surface area contributed by atoms with Crippen molar-refractivity contribution in [1.29, 1.82) is 0 Å². The smallest absolute Gasteiger partial charge is 0.224 e. The van der Waals surface area contributed by atoms with E-state index in [-0.39, 0.29) is 5.82 Å². The Kier molecular flexibility index (Phi) is 6.17. The van der Waals surface area contributed by atoms with Crippen LogP contribution in [-0.2, 0) is 6.54 Å². The third kappa shape index (κ3) is 5.39. The number of pyridine rings is 1. The van der Waals surface area contributed by atoms with Crippen LogP contribution >= 0.6 is 12.2 Å². The molecule has 138 valence electrons. The van der Waals surface area contributed by atoms with E-state index in [0.717, 1.165) is 17.0 Å². The summed E-state index contributed by atoms with van der Waals surface area (Å²) in [6, 6.07) is 17.0. The number of aromatic nitrogens is 1. The van der Waals surface area contributed by atoms with Gasteiger partial charge in [-0.05, 0) is 42.5 Å². The molecule has 0 bridgehead atoms. The monoisotopic (exact) mass is 383 g/mol. The third-order valence-corrected chi connectivity index (χ3v) is 3.87. The van der Waals surface area contributed by atoms with Gasteiger partial charge in [-0.15, -0.1) is 0 Å². The Bertz CT molecular complexity index is 936. The van der Waals surface area contributed by atoms with Gasteiger partial charge in [-0.2, -0.15) is 0 Å². The molecular weight excluding hydrogens is 365 g/mol. The Balaban J connectivity index is 1.63. The molecule has 0 spiro atoms. The summed E-state index contributed by atoms with van der Waals surface area (Å²) in [5.74, 6) is 1.14. The van der Waals surface area contributed by atoms with E-state index >= 15 is 0 Å². The topological polar surface area (TPSA) is 55.4 Å². The van der Waals surface area contributed by atoms with E-state index in [1.54, 1.807) is 31.5 Å². The van der Waals surface area contributed by atoms with Crippen molar-refractivity contribution in [1.82, 2.24) is 10.3 Å². The molecule has 27 heavy (non-hydrogen) atoms. The molecule has 0 unspecified atom stereocenters. The van der Waals surface area contributed by atoms with E-state index < -0.39 is 0 Å². The maximum atomic E-state index is 13.3. The molecule has 0 radical (unpaired) electrons. The van der Waals surface area contributed by atoms with Crippen molar-refractivity contribution in [3.63, 3.8) is 0 Å². The number of benzene rings is 2. The lowest BCUT2D eigenvalue weighted by Crippen LogP contribution is -2.28. The number of hydrogen-bond donors (Lipinski definition) is 2. The molecule has 0 atom stereocenters. The average molecular weight is 383 g/mol. The van der Waals surface area contributed by atoms with Gasteiger partial charge in [0, 0.05) is 36.1 Å². The normalized spacial score (nSPS) is 10.1. The number of thiocarbonyl (C=S) groups is 1. The van der Waals surface area contributed by atoms with Crippen molar-refractivity contribution >= 4 is 23.0 Å². The van der Waals surface area contributed by atoms with Gasteiger partial charge in [-0.1, -0.05) is 18.2 Å². The lowest BCUT2D eigenvalue weighted by molar-refractivity contribution is 0.415. The van der Waals surface area contributed by atoms with Gasteiger partial charge in [0.2, 0.25) is 5.88 Å². The first-order chi connectivity index (χ1) is 13.1. The molecular formula is C20H18FN3O2S.